The zero-order valence-corrected chi connectivity index (χ0v) is 13.2. The molecule has 0 saturated carbocycles. The minimum atomic E-state index is 0.303. The first-order valence-corrected chi connectivity index (χ1v) is 8.57. The summed E-state index contributed by atoms with van der Waals surface area (Å²) >= 11 is 0. The standard InChI is InChI=1S/C18H29N3/c1-15(19)18-9-5-6-12-21(18)17-10-13-20(14-11-17)16-7-3-2-4-8-16/h2-4,7-8,15,17-18H,5-6,9-14,19H2,1H3. The Morgan fingerprint density at radius 1 is 1.00 bits per heavy atom. The Hall–Kier alpha value is -1.06. The Bertz CT molecular complexity index is 423. The number of piperidine rings is 2. The molecule has 3 rings (SSSR count). The van der Waals surface area contributed by atoms with Crippen molar-refractivity contribution in [3.8, 4) is 0 Å². The van der Waals surface area contributed by atoms with Gasteiger partial charge in [-0.3, -0.25) is 4.90 Å². The summed E-state index contributed by atoms with van der Waals surface area (Å²) in [6.07, 6.45) is 6.54. The van der Waals surface area contributed by atoms with Crippen molar-refractivity contribution < 1.29 is 0 Å². The molecule has 2 N–H and O–H groups in total. The van der Waals surface area contributed by atoms with Gasteiger partial charge in [0.05, 0.1) is 0 Å². The van der Waals surface area contributed by atoms with E-state index in [1.165, 1.54) is 57.4 Å². The highest BCUT2D eigenvalue weighted by Gasteiger charge is 2.32. The lowest BCUT2D eigenvalue weighted by atomic mass is 9.92. The van der Waals surface area contributed by atoms with Crippen LogP contribution >= 0.6 is 0 Å². The highest BCUT2D eigenvalue weighted by molar-refractivity contribution is 5.46. The molecule has 1 aromatic carbocycles. The van der Waals surface area contributed by atoms with Gasteiger partial charge in [-0.1, -0.05) is 24.6 Å². The van der Waals surface area contributed by atoms with E-state index in [-0.39, 0.29) is 0 Å². The van der Waals surface area contributed by atoms with Gasteiger partial charge in [-0.25, -0.2) is 0 Å². The summed E-state index contributed by atoms with van der Waals surface area (Å²) in [5.74, 6) is 0. The molecular formula is C18H29N3. The number of para-hydroxylation sites is 1. The molecule has 1 aromatic rings. The predicted molar refractivity (Wildman–Crippen MR) is 89.7 cm³/mol. The van der Waals surface area contributed by atoms with Gasteiger partial charge in [0, 0.05) is 36.9 Å². The van der Waals surface area contributed by atoms with Gasteiger partial charge in [0.25, 0.3) is 0 Å². The maximum absolute atomic E-state index is 6.23. The normalized spacial score (nSPS) is 26.8. The average molecular weight is 287 g/mol. The summed E-state index contributed by atoms with van der Waals surface area (Å²) in [5.41, 5.74) is 7.60. The lowest BCUT2D eigenvalue weighted by Crippen LogP contribution is -2.56. The van der Waals surface area contributed by atoms with E-state index in [1.807, 2.05) is 0 Å². The van der Waals surface area contributed by atoms with Crippen LogP contribution in [0, 0.1) is 0 Å². The Balaban J connectivity index is 1.60. The van der Waals surface area contributed by atoms with Crippen LogP contribution in [0.25, 0.3) is 0 Å². The van der Waals surface area contributed by atoms with Gasteiger partial charge in [0.15, 0.2) is 0 Å². The molecule has 0 aliphatic carbocycles. The topological polar surface area (TPSA) is 32.5 Å². The number of likely N-dealkylation sites (tertiary alicyclic amines) is 1. The summed E-state index contributed by atoms with van der Waals surface area (Å²) in [7, 11) is 0. The molecule has 2 fully saturated rings. The quantitative estimate of drug-likeness (QED) is 0.928. The van der Waals surface area contributed by atoms with Crippen molar-refractivity contribution in [2.45, 2.75) is 57.2 Å². The van der Waals surface area contributed by atoms with Crippen molar-refractivity contribution >= 4 is 5.69 Å². The average Bonchev–Trinajstić information content (AvgIpc) is 2.56. The molecule has 0 spiro atoms. The summed E-state index contributed by atoms with van der Waals surface area (Å²) in [4.78, 5) is 5.26. The molecular weight excluding hydrogens is 258 g/mol. The van der Waals surface area contributed by atoms with Crippen molar-refractivity contribution in [2.24, 2.45) is 5.73 Å². The van der Waals surface area contributed by atoms with Crippen LogP contribution in [0.15, 0.2) is 30.3 Å². The number of hydrogen-bond acceptors (Lipinski definition) is 3. The molecule has 0 amide bonds. The number of rotatable bonds is 3. The van der Waals surface area contributed by atoms with Gasteiger partial charge >= 0.3 is 0 Å². The third-order valence-corrected chi connectivity index (χ3v) is 5.25. The highest BCUT2D eigenvalue weighted by atomic mass is 15.2. The smallest absolute Gasteiger partial charge is 0.0366 e. The van der Waals surface area contributed by atoms with Gasteiger partial charge in [-0.05, 0) is 51.3 Å². The predicted octanol–water partition coefficient (Wildman–Crippen LogP) is 2.86. The minimum Gasteiger partial charge on any atom is -0.371 e. The van der Waals surface area contributed by atoms with E-state index in [9.17, 15) is 0 Å². The fourth-order valence-corrected chi connectivity index (χ4v) is 4.09. The maximum Gasteiger partial charge on any atom is 0.0366 e. The monoisotopic (exact) mass is 287 g/mol. The second-order valence-corrected chi connectivity index (χ2v) is 6.71. The van der Waals surface area contributed by atoms with Crippen molar-refractivity contribution in [2.75, 3.05) is 24.5 Å². The Morgan fingerprint density at radius 3 is 2.38 bits per heavy atom. The lowest BCUT2D eigenvalue weighted by molar-refractivity contribution is 0.0682. The number of benzene rings is 1. The van der Waals surface area contributed by atoms with E-state index in [0.29, 0.717) is 12.1 Å². The van der Waals surface area contributed by atoms with Crippen LogP contribution in [0.2, 0.25) is 0 Å². The maximum atomic E-state index is 6.23. The summed E-state index contributed by atoms with van der Waals surface area (Å²) in [5, 5.41) is 0. The molecule has 2 saturated heterocycles. The van der Waals surface area contributed by atoms with Gasteiger partial charge in [-0.2, -0.15) is 0 Å². The third-order valence-electron chi connectivity index (χ3n) is 5.25. The summed E-state index contributed by atoms with van der Waals surface area (Å²) < 4.78 is 0. The Kier molecular flexibility index (Phi) is 4.81. The fourth-order valence-electron chi connectivity index (χ4n) is 4.09. The Morgan fingerprint density at radius 2 is 1.71 bits per heavy atom. The van der Waals surface area contributed by atoms with E-state index in [4.69, 9.17) is 5.73 Å². The molecule has 2 unspecified atom stereocenters. The molecule has 2 aliphatic rings. The van der Waals surface area contributed by atoms with E-state index in [2.05, 4.69) is 47.1 Å². The van der Waals surface area contributed by atoms with Crippen LogP contribution in [-0.4, -0.2) is 42.7 Å². The van der Waals surface area contributed by atoms with Crippen molar-refractivity contribution in [1.82, 2.24) is 4.90 Å². The number of hydrogen-bond donors (Lipinski definition) is 1. The SMILES string of the molecule is CC(N)C1CCCCN1C1CCN(c2ccccc2)CC1. The summed E-state index contributed by atoms with van der Waals surface area (Å²) in [6.45, 7) is 5.79. The van der Waals surface area contributed by atoms with Crippen LogP contribution in [0.5, 0.6) is 0 Å². The molecule has 2 atom stereocenters. The number of nitrogens with zero attached hydrogens (tertiary/aromatic N) is 2. The zero-order chi connectivity index (χ0) is 14.7. The summed E-state index contributed by atoms with van der Waals surface area (Å²) in [6, 6.07) is 12.5. The molecule has 0 radical (unpaired) electrons. The first-order chi connectivity index (χ1) is 10.3. The van der Waals surface area contributed by atoms with E-state index < -0.39 is 0 Å². The van der Waals surface area contributed by atoms with Gasteiger partial charge in [-0.15, -0.1) is 0 Å². The first kappa shape index (κ1) is 14.9. The van der Waals surface area contributed by atoms with E-state index in [1.54, 1.807) is 0 Å². The van der Waals surface area contributed by atoms with Gasteiger partial charge < -0.3 is 10.6 Å². The number of nitrogens with two attached hydrogens (primary N) is 1. The molecule has 2 heterocycles. The molecule has 0 aromatic heterocycles. The van der Waals surface area contributed by atoms with Crippen molar-refractivity contribution in [3.63, 3.8) is 0 Å². The van der Waals surface area contributed by atoms with Crippen molar-refractivity contribution in [3.05, 3.63) is 30.3 Å². The van der Waals surface area contributed by atoms with E-state index >= 15 is 0 Å². The Labute approximate surface area is 129 Å². The van der Waals surface area contributed by atoms with Gasteiger partial charge in [0.2, 0.25) is 0 Å². The van der Waals surface area contributed by atoms with E-state index in [0.717, 1.165) is 6.04 Å². The second-order valence-electron chi connectivity index (χ2n) is 6.71. The molecule has 21 heavy (non-hydrogen) atoms. The van der Waals surface area contributed by atoms with Gasteiger partial charge in [0.1, 0.15) is 0 Å². The van der Waals surface area contributed by atoms with Crippen LogP contribution in [0.1, 0.15) is 39.0 Å². The first-order valence-electron chi connectivity index (χ1n) is 8.57. The van der Waals surface area contributed by atoms with Crippen molar-refractivity contribution in [1.29, 1.82) is 0 Å². The molecule has 116 valence electrons. The molecule has 3 heteroatoms. The third kappa shape index (κ3) is 3.41. The van der Waals surface area contributed by atoms with Crippen LogP contribution < -0.4 is 10.6 Å². The minimum absolute atomic E-state index is 0.303. The van der Waals surface area contributed by atoms with Crippen LogP contribution in [-0.2, 0) is 0 Å². The molecule has 3 nitrogen and oxygen atoms in total. The largest absolute Gasteiger partial charge is 0.371 e. The number of anilines is 1. The van der Waals surface area contributed by atoms with Crippen LogP contribution in [0.3, 0.4) is 0 Å². The second kappa shape index (κ2) is 6.80. The molecule has 2 aliphatic heterocycles. The molecule has 0 bridgehead atoms. The zero-order valence-electron chi connectivity index (χ0n) is 13.2. The highest BCUT2D eigenvalue weighted by Crippen LogP contribution is 2.28. The van der Waals surface area contributed by atoms with Crippen LogP contribution in [0.4, 0.5) is 5.69 Å². The fraction of sp³-hybridized carbons (Fsp3) is 0.667. The lowest BCUT2D eigenvalue weighted by Gasteiger charge is -2.46.